The minimum Gasteiger partial charge on any atom is -0.481 e. The summed E-state index contributed by atoms with van der Waals surface area (Å²) in [5, 5.41) is 9.30. The van der Waals surface area contributed by atoms with Crippen molar-refractivity contribution in [1.82, 2.24) is 14.7 Å². The van der Waals surface area contributed by atoms with Crippen molar-refractivity contribution in [1.29, 1.82) is 0 Å². The van der Waals surface area contributed by atoms with Gasteiger partial charge in [0.2, 0.25) is 0 Å². The van der Waals surface area contributed by atoms with Crippen molar-refractivity contribution in [3.8, 4) is 0 Å². The first-order valence-corrected chi connectivity index (χ1v) is 7.83. The number of urea groups is 1. The Balaban J connectivity index is 2.10. The summed E-state index contributed by atoms with van der Waals surface area (Å²) in [6, 6.07) is 0.147. The molecule has 2 aliphatic heterocycles. The van der Waals surface area contributed by atoms with E-state index < -0.39 is 5.97 Å². The highest BCUT2D eigenvalue weighted by molar-refractivity contribution is 5.79. The van der Waals surface area contributed by atoms with Gasteiger partial charge >= 0.3 is 12.0 Å². The highest BCUT2D eigenvalue weighted by Crippen LogP contribution is 2.42. The lowest BCUT2D eigenvalue weighted by molar-refractivity contribution is -0.142. The highest BCUT2D eigenvalue weighted by atomic mass is 16.4. The summed E-state index contributed by atoms with van der Waals surface area (Å²) >= 11 is 0. The largest absolute Gasteiger partial charge is 0.481 e. The minimum absolute atomic E-state index is 0.0168. The molecule has 2 fully saturated rings. The second-order valence-electron chi connectivity index (χ2n) is 6.57. The van der Waals surface area contributed by atoms with E-state index in [-0.39, 0.29) is 30.1 Å². The standard InChI is InChI=1S/C15H27N3O3/c1-5-17(10(2)9-16(3)4)15(21)18-11-6-7-13(18)12(8-11)14(19)20/h10-13H,5-9H2,1-4H3,(H,19,20). The third-order valence-electron chi connectivity index (χ3n) is 4.82. The van der Waals surface area contributed by atoms with Crippen LogP contribution in [0.5, 0.6) is 0 Å². The maximum atomic E-state index is 12.9. The van der Waals surface area contributed by atoms with Gasteiger partial charge in [0, 0.05) is 31.2 Å². The lowest BCUT2D eigenvalue weighted by Crippen LogP contribution is -2.52. The summed E-state index contributed by atoms with van der Waals surface area (Å²) in [5.74, 6) is -1.14. The Bertz CT molecular complexity index is 413. The summed E-state index contributed by atoms with van der Waals surface area (Å²) in [5.41, 5.74) is 0. The normalized spacial score (nSPS) is 29.0. The van der Waals surface area contributed by atoms with Gasteiger partial charge in [0.15, 0.2) is 0 Å². The number of rotatable bonds is 5. The lowest BCUT2D eigenvalue weighted by Gasteiger charge is -2.35. The van der Waals surface area contributed by atoms with Crippen LogP contribution in [0.4, 0.5) is 4.79 Å². The Labute approximate surface area is 126 Å². The molecule has 0 aromatic carbocycles. The van der Waals surface area contributed by atoms with E-state index in [0.717, 1.165) is 19.4 Å². The second-order valence-corrected chi connectivity index (χ2v) is 6.57. The second kappa shape index (κ2) is 6.22. The number of aliphatic carboxylic acids is 1. The van der Waals surface area contributed by atoms with Crippen molar-refractivity contribution in [3.63, 3.8) is 0 Å². The molecular formula is C15H27N3O3. The molecule has 2 bridgehead atoms. The van der Waals surface area contributed by atoms with Crippen LogP contribution < -0.4 is 0 Å². The molecule has 0 aliphatic carbocycles. The smallest absolute Gasteiger partial charge is 0.320 e. The molecule has 4 atom stereocenters. The van der Waals surface area contributed by atoms with Crippen molar-refractivity contribution in [2.45, 2.75) is 51.2 Å². The number of carboxylic acids is 1. The molecule has 0 radical (unpaired) electrons. The van der Waals surface area contributed by atoms with Crippen LogP contribution in [-0.4, -0.2) is 77.1 Å². The Hall–Kier alpha value is -1.30. The van der Waals surface area contributed by atoms with Crippen molar-refractivity contribution < 1.29 is 14.7 Å². The third-order valence-corrected chi connectivity index (χ3v) is 4.82. The van der Waals surface area contributed by atoms with Crippen molar-refractivity contribution in [2.75, 3.05) is 27.2 Å². The molecule has 2 rings (SSSR count). The SMILES string of the molecule is CCN(C(=O)N1C2CCC1C(C(=O)O)C2)C(C)CN(C)C. The van der Waals surface area contributed by atoms with E-state index in [9.17, 15) is 14.7 Å². The fourth-order valence-electron chi connectivity index (χ4n) is 3.96. The number of likely N-dealkylation sites (N-methyl/N-ethyl adjacent to an activating group) is 2. The van der Waals surface area contributed by atoms with Crippen LogP contribution in [0.3, 0.4) is 0 Å². The molecule has 0 spiro atoms. The van der Waals surface area contributed by atoms with Crippen LogP contribution in [0, 0.1) is 5.92 Å². The Morgan fingerprint density at radius 1 is 1.33 bits per heavy atom. The van der Waals surface area contributed by atoms with Crippen LogP contribution in [0.25, 0.3) is 0 Å². The Kier molecular flexibility index (Phi) is 4.76. The van der Waals surface area contributed by atoms with Gasteiger partial charge in [0.1, 0.15) is 0 Å². The molecular weight excluding hydrogens is 270 g/mol. The van der Waals surface area contributed by atoms with Gasteiger partial charge in [0.05, 0.1) is 5.92 Å². The maximum Gasteiger partial charge on any atom is 0.320 e. The summed E-state index contributed by atoms with van der Waals surface area (Å²) < 4.78 is 0. The number of fused-ring (bicyclic) bond motifs is 2. The first-order valence-electron chi connectivity index (χ1n) is 7.83. The zero-order valence-electron chi connectivity index (χ0n) is 13.5. The van der Waals surface area contributed by atoms with E-state index in [1.165, 1.54) is 0 Å². The Morgan fingerprint density at radius 3 is 2.48 bits per heavy atom. The van der Waals surface area contributed by atoms with E-state index in [1.54, 1.807) is 0 Å². The summed E-state index contributed by atoms with van der Waals surface area (Å²) in [4.78, 5) is 30.0. The Morgan fingerprint density at radius 2 is 2.00 bits per heavy atom. The maximum absolute atomic E-state index is 12.9. The molecule has 2 saturated heterocycles. The molecule has 2 amide bonds. The highest BCUT2D eigenvalue weighted by Gasteiger charge is 2.52. The van der Waals surface area contributed by atoms with Gasteiger partial charge in [-0.05, 0) is 47.2 Å². The fraction of sp³-hybridized carbons (Fsp3) is 0.867. The van der Waals surface area contributed by atoms with Gasteiger partial charge in [-0.2, -0.15) is 0 Å². The van der Waals surface area contributed by atoms with Gasteiger partial charge in [-0.25, -0.2) is 4.79 Å². The van der Waals surface area contributed by atoms with Crippen LogP contribution in [-0.2, 0) is 4.79 Å². The molecule has 6 nitrogen and oxygen atoms in total. The number of carboxylic acid groups (broad SMARTS) is 1. The topological polar surface area (TPSA) is 64.1 Å². The molecule has 0 aromatic heterocycles. The fourth-order valence-corrected chi connectivity index (χ4v) is 3.96. The zero-order chi connectivity index (χ0) is 15.7. The van der Waals surface area contributed by atoms with Crippen molar-refractivity contribution in [3.05, 3.63) is 0 Å². The predicted octanol–water partition coefficient (Wildman–Crippen LogP) is 1.32. The summed E-state index contributed by atoms with van der Waals surface area (Å²) in [7, 11) is 3.99. The third kappa shape index (κ3) is 3.00. The summed E-state index contributed by atoms with van der Waals surface area (Å²) in [6.07, 6.45) is 2.39. The van der Waals surface area contributed by atoms with Gasteiger partial charge in [-0.3, -0.25) is 4.79 Å². The number of hydrogen-bond acceptors (Lipinski definition) is 3. The van der Waals surface area contributed by atoms with E-state index in [4.69, 9.17) is 0 Å². The van der Waals surface area contributed by atoms with E-state index in [0.29, 0.717) is 13.0 Å². The molecule has 6 heteroatoms. The van der Waals surface area contributed by atoms with Gasteiger partial charge in [0.25, 0.3) is 0 Å². The molecule has 0 saturated carbocycles. The number of hydrogen-bond donors (Lipinski definition) is 1. The first kappa shape index (κ1) is 16.1. The molecule has 1 N–H and O–H groups in total. The minimum atomic E-state index is -0.760. The van der Waals surface area contributed by atoms with Gasteiger partial charge in [-0.1, -0.05) is 0 Å². The van der Waals surface area contributed by atoms with Crippen molar-refractivity contribution >= 4 is 12.0 Å². The van der Waals surface area contributed by atoms with Crippen LogP contribution in [0.15, 0.2) is 0 Å². The molecule has 2 heterocycles. The molecule has 120 valence electrons. The zero-order valence-corrected chi connectivity index (χ0v) is 13.5. The quantitative estimate of drug-likeness (QED) is 0.831. The van der Waals surface area contributed by atoms with Crippen LogP contribution >= 0.6 is 0 Å². The van der Waals surface area contributed by atoms with E-state index in [2.05, 4.69) is 4.90 Å². The lowest BCUT2D eigenvalue weighted by atomic mass is 9.89. The van der Waals surface area contributed by atoms with E-state index in [1.807, 2.05) is 37.7 Å². The molecule has 4 unspecified atom stereocenters. The van der Waals surface area contributed by atoms with Crippen molar-refractivity contribution in [2.24, 2.45) is 5.92 Å². The monoisotopic (exact) mass is 297 g/mol. The number of amides is 2. The molecule has 21 heavy (non-hydrogen) atoms. The van der Waals surface area contributed by atoms with Crippen LogP contribution in [0.2, 0.25) is 0 Å². The summed E-state index contributed by atoms with van der Waals surface area (Å²) in [6.45, 7) is 5.50. The molecule has 2 aliphatic rings. The van der Waals surface area contributed by atoms with E-state index >= 15 is 0 Å². The first-order chi connectivity index (χ1) is 9.86. The predicted molar refractivity (Wildman–Crippen MR) is 80.2 cm³/mol. The average Bonchev–Trinajstić information content (AvgIpc) is 2.95. The van der Waals surface area contributed by atoms with Crippen LogP contribution in [0.1, 0.15) is 33.1 Å². The molecule has 0 aromatic rings. The number of nitrogens with zero attached hydrogens (tertiary/aromatic N) is 3. The number of carbonyl (C=O) groups is 2. The van der Waals surface area contributed by atoms with Gasteiger partial charge in [-0.15, -0.1) is 0 Å². The number of carbonyl (C=O) groups excluding carboxylic acids is 1. The van der Waals surface area contributed by atoms with Gasteiger partial charge < -0.3 is 19.8 Å². The average molecular weight is 297 g/mol.